The maximum atomic E-state index is 12.8. The number of alkyl halides is 3. The molecule has 0 radical (unpaired) electrons. The Bertz CT molecular complexity index is 915. The highest BCUT2D eigenvalue weighted by Gasteiger charge is 2.30. The SMILES string of the molecule is CC(C)(C)OC(=O)n1c(-c2ccc(C(F)(F)F)cc2)cc2ccsc21. The Balaban J connectivity index is 2.09. The molecule has 0 aliphatic heterocycles. The Morgan fingerprint density at radius 1 is 1.08 bits per heavy atom. The molecule has 0 bridgehead atoms. The average Bonchev–Trinajstić information content (AvgIpc) is 3.04. The van der Waals surface area contributed by atoms with Gasteiger partial charge in [-0.15, -0.1) is 11.3 Å². The number of fused-ring (bicyclic) bond motifs is 1. The van der Waals surface area contributed by atoms with Gasteiger partial charge in [-0.1, -0.05) is 12.1 Å². The summed E-state index contributed by atoms with van der Waals surface area (Å²) in [6, 6.07) is 8.38. The first-order valence-corrected chi connectivity index (χ1v) is 8.44. The summed E-state index contributed by atoms with van der Waals surface area (Å²) in [7, 11) is 0. The molecule has 0 aliphatic rings. The summed E-state index contributed by atoms with van der Waals surface area (Å²) in [6.07, 6.45) is -4.95. The molecule has 25 heavy (non-hydrogen) atoms. The second kappa shape index (κ2) is 5.91. The van der Waals surface area contributed by atoms with Crippen LogP contribution in [-0.4, -0.2) is 16.3 Å². The number of nitrogens with zero attached hydrogens (tertiary/aromatic N) is 1. The van der Waals surface area contributed by atoms with Gasteiger partial charge in [0.15, 0.2) is 0 Å². The molecule has 3 nitrogen and oxygen atoms in total. The van der Waals surface area contributed by atoms with Gasteiger partial charge in [0.1, 0.15) is 10.4 Å². The second-order valence-electron chi connectivity index (χ2n) is 6.60. The first-order valence-electron chi connectivity index (χ1n) is 7.56. The van der Waals surface area contributed by atoms with Gasteiger partial charge in [-0.05, 0) is 56.0 Å². The number of carbonyl (C=O) groups excluding carboxylic acids is 1. The fourth-order valence-corrected chi connectivity index (χ4v) is 3.34. The van der Waals surface area contributed by atoms with Crippen molar-refractivity contribution in [2.75, 3.05) is 0 Å². The largest absolute Gasteiger partial charge is 0.443 e. The smallest absolute Gasteiger partial charge is 0.420 e. The van der Waals surface area contributed by atoms with E-state index in [9.17, 15) is 18.0 Å². The number of halogens is 3. The van der Waals surface area contributed by atoms with E-state index < -0.39 is 23.4 Å². The van der Waals surface area contributed by atoms with E-state index >= 15 is 0 Å². The van der Waals surface area contributed by atoms with Crippen molar-refractivity contribution in [3.05, 3.63) is 47.3 Å². The summed E-state index contributed by atoms with van der Waals surface area (Å²) in [6.45, 7) is 5.29. The Kier molecular flexibility index (Phi) is 4.15. The number of benzene rings is 1. The van der Waals surface area contributed by atoms with Crippen molar-refractivity contribution in [1.29, 1.82) is 0 Å². The summed E-state index contributed by atoms with van der Waals surface area (Å²) < 4.78 is 45.1. The standard InChI is InChI=1S/C18H16F3NO2S/c1-17(2,3)24-16(23)22-14(10-12-8-9-25-15(12)22)11-4-6-13(7-5-11)18(19,20)21/h4-10H,1-3H3. The first kappa shape index (κ1) is 17.5. The molecule has 1 aromatic carbocycles. The van der Waals surface area contributed by atoms with Crippen LogP contribution in [0.1, 0.15) is 26.3 Å². The lowest BCUT2D eigenvalue weighted by molar-refractivity contribution is -0.137. The third-order valence-electron chi connectivity index (χ3n) is 3.49. The van der Waals surface area contributed by atoms with Crippen LogP contribution in [0.3, 0.4) is 0 Å². The summed E-state index contributed by atoms with van der Waals surface area (Å²) in [5.41, 5.74) is -0.386. The van der Waals surface area contributed by atoms with Crippen molar-refractivity contribution in [2.45, 2.75) is 32.5 Å². The van der Waals surface area contributed by atoms with Crippen LogP contribution >= 0.6 is 11.3 Å². The second-order valence-corrected chi connectivity index (χ2v) is 7.50. The van der Waals surface area contributed by atoms with E-state index in [4.69, 9.17) is 4.74 Å². The van der Waals surface area contributed by atoms with E-state index in [1.54, 1.807) is 26.8 Å². The highest BCUT2D eigenvalue weighted by molar-refractivity contribution is 7.17. The average molecular weight is 367 g/mol. The predicted molar refractivity (Wildman–Crippen MR) is 91.9 cm³/mol. The van der Waals surface area contributed by atoms with Crippen LogP contribution < -0.4 is 0 Å². The van der Waals surface area contributed by atoms with E-state index in [-0.39, 0.29) is 0 Å². The van der Waals surface area contributed by atoms with Crippen LogP contribution in [0.4, 0.5) is 18.0 Å². The number of hydrogen-bond donors (Lipinski definition) is 0. The highest BCUT2D eigenvalue weighted by Crippen LogP contribution is 2.35. The van der Waals surface area contributed by atoms with Gasteiger partial charge in [-0.25, -0.2) is 9.36 Å². The molecular formula is C18H16F3NO2S. The molecule has 0 saturated carbocycles. The van der Waals surface area contributed by atoms with Gasteiger partial charge in [0.2, 0.25) is 0 Å². The maximum Gasteiger partial charge on any atom is 0.420 e. The third kappa shape index (κ3) is 3.56. The zero-order chi connectivity index (χ0) is 18.4. The van der Waals surface area contributed by atoms with Gasteiger partial charge >= 0.3 is 12.3 Å². The van der Waals surface area contributed by atoms with Crippen LogP contribution in [-0.2, 0) is 10.9 Å². The van der Waals surface area contributed by atoms with Crippen molar-refractivity contribution in [2.24, 2.45) is 0 Å². The molecule has 132 valence electrons. The zero-order valence-electron chi connectivity index (χ0n) is 13.8. The molecule has 0 saturated heterocycles. The van der Waals surface area contributed by atoms with E-state index in [0.717, 1.165) is 17.5 Å². The van der Waals surface area contributed by atoms with Crippen molar-refractivity contribution in [3.63, 3.8) is 0 Å². The summed E-state index contributed by atoms with van der Waals surface area (Å²) in [4.78, 5) is 13.3. The Hall–Kier alpha value is -2.28. The van der Waals surface area contributed by atoms with E-state index in [0.29, 0.717) is 16.1 Å². The number of aromatic nitrogens is 1. The number of hydrogen-bond acceptors (Lipinski definition) is 3. The molecule has 2 aromatic heterocycles. The lowest BCUT2D eigenvalue weighted by atomic mass is 10.1. The minimum atomic E-state index is -4.40. The maximum absolute atomic E-state index is 12.8. The fraction of sp³-hybridized carbons (Fsp3) is 0.278. The first-order chi connectivity index (χ1) is 11.6. The summed E-state index contributed by atoms with van der Waals surface area (Å²) in [5, 5.41) is 2.69. The van der Waals surface area contributed by atoms with E-state index in [1.807, 2.05) is 11.4 Å². The van der Waals surface area contributed by atoms with E-state index in [1.165, 1.54) is 28.0 Å². The van der Waals surface area contributed by atoms with E-state index in [2.05, 4.69) is 0 Å². The molecule has 3 rings (SSSR count). The molecule has 0 amide bonds. The van der Waals surface area contributed by atoms with Gasteiger partial charge in [-0.3, -0.25) is 0 Å². The lowest BCUT2D eigenvalue weighted by Gasteiger charge is -2.20. The molecule has 7 heteroatoms. The number of rotatable bonds is 1. The number of thiophene rings is 1. The van der Waals surface area contributed by atoms with Crippen LogP contribution in [0.5, 0.6) is 0 Å². The van der Waals surface area contributed by atoms with Crippen molar-refractivity contribution in [3.8, 4) is 11.3 Å². The molecule has 0 aliphatic carbocycles. The van der Waals surface area contributed by atoms with Crippen LogP contribution in [0.25, 0.3) is 21.5 Å². The zero-order valence-corrected chi connectivity index (χ0v) is 14.7. The van der Waals surface area contributed by atoms with Gasteiger partial charge in [0.05, 0.1) is 11.3 Å². The van der Waals surface area contributed by atoms with Crippen LogP contribution in [0, 0.1) is 0 Å². The normalized spacial score (nSPS) is 12.6. The number of ether oxygens (including phenoxy) is 1. The third-order valence-corrected chi connectivity index (χ3v) is 4.41. The molecule has 3 aromatic rings. The van der Waals surface area contributed by atoms with Crippen LogP contribution in [0.2, 0.25) is 0 Å². The minimum absolute atomic E-state index is 0.504. The Labute approximate surface area is 146 Å². The monoisotopic (exact) mass is 367 g/mol. The quantitative estimate of drug-likeness (QED) is 0.515. The number of carbonyl (C=O) groups is 1. The summed E-state index contributed by atoms with van der Waals surface area (Å²) >= 11 is 1.37. The predicted octanol–water partition coefficient (Wildman–Crippen LogP) is 6.17. The van der Waals surface area contributed by atoms with Gasteiger partial charge in [0, 0.05) is 5.39 Å². The molecule has 0 unspecified atom stereocenters. The molecule has 0 N–H and O–H groups in total. The van der Waals surface area contributed by atoms with Gasteiger partial charge in [0.25, 0.3) is 0 Å². The van der Waals surface area contributed by atoms with Crippen LogP contribution in [0.15, 0.2) is 41.8 Å². The molecule has 0 atom stereocenters. The fourth-order valence-electron chi connectivity index (χ4n) is 2.46. The lowest BCUT2D eigenvalue weighted by Crippen LogP contribution is -2.27. The Morgan fingerprint density at radius 3 is 2.28 bits per heavy atom. The molecular weight excluding hydrogens is 351 g/mol. The van der Waals surface area contributed by atoms with Gasteiger partial charge < -0.3 is 4.74 Å². The minimum Gasteiger partial charge on any atom is -0.443 e. The topological polar surface area (TPSA) is 31.2 Å². The van der Waals surface area contributed by atoms with Crippen molar-refractivity contribution >= 4 is 27.6 Å². The highest BCUT2D eigenvalue weighted by atomic mass is 32.1. The molecule has 2 heterocycles. The van der Waals surface area contributed by atoms with Crippen molar-refractivity contribution in [1.82, 2.24) is 4.57 Å². The summed E-state index contributed by atoms with van der Waals surface area (Å²) in [5.74, 6) is 0. The Morgan fingerprint density at radius 2 is 1.72 bits per heavy atom. The van der Waals surface area contributed by atoms with Gasteiger partial charge in [-0.2, -0.15) is 13.2 Å². The molecule has 0 spiro atoms. The van der Waals surface area contributed by atoms with Crippen molar-refractivity contribution < 1.29 is 22.7 Å². The molecule has 0 fully saturated rings.